The van der Waals surface area contributed by atoms with Gasteiger partial charge in [-0.2, -0.15) is 0 Å². The predicted octanol–water partition coefficient (Wildman–Crippen LogP) is 3.88. The van der Waals surface area contributed by atoms with Crippen molar-refractivity contribution in [1.29, 1.82) is 0 Å². The van der Waals surface area contributed by atoms with Crippen LogP contribution in [0, 0.1) is 0 Å². The molecule has 0 unspecified atom stereocenters. The van der Waals surface area contributed by atoms with E-state index >= 15 is 0 Å². The highest BCUT2D eigenvalue weighted by atomic mass is 35.5. The van der Waals surface area contributed by atoms with Gasteiger partial charge in [0, 0.05) is 19.7 Å². The Balaban J connectivity index is 2.22. The summed E-state index contributed by atoms with van der Waals surface area (Å²) < 4.78 is 7.11. The molecule has 168 valence electrons. The van der Waals surface area contributed by atoms with Crippen molar-refractivity contribution >= 4 is 63.6 Å². The van der Waals surface area contributed by atoms with E-state index in [9.17, 15) is 9.59 Å². The van der Waals surface area contributed by atoms with Crippen LogP contribution >= 0.6 is 23.8 Å². The van der Waals surface area contributed by atoms with Crippen LogP contribution in [0.2, 0.25) is 5.02 Å². The number of fused-ring (bicyclic) bond motifs is 1. The molecule has 9 nitrogen and oxygen atoms in total. The fourth-order valence-electron chi connectivity index (χ4n) is 2.97. The molecule has 3 aromatic rings. The maximum absolute atomic E-state index is 13.2. The van der Waals surface area contributed by atoms with Gasteiger partial charge in [0.2, 0.25) is 0 Å². The van der Waals surface area contributed by atoms with Gasteiger partial charge in [-0.25, -0.2) is 19.7 Å². The molecule has 0 aliphatic heterocycles. The number of benzene rings is 1. The number of nitrogens with zero attached hydrogens (tertiary/aromatic N) is 5. The van der Waals surface area contributed by atoms with Crippen LogP contribution in [-0.2, 0) is 11.8 Å². The Hall–Kier alpha value is -3.24. The maximum atomic E-state index is 13.2. The fourth-order valence-corrected chi connectivity index (χ4v) is 3.49. The van der Waals surface area contributed by atoms with Crippen LogP contribution in [0.15, 0.2) is 36.7 Å². The summed E-state index contributed by atoms with van der Waals surface area (Å²) in [7, 11) is 3.22. The molecule has 2 N–H and O–H groups in total. The lowest BCUT2D eigenvalue weighted by atomic mass is 10.2. The van der Waals surface area contributed by atoms with Crippen molar-refractivity contribution in [3.05, 3.63) is 47.2 Å². The topological polar surface area (TPSA) is 107 Å². The van der Waals surface area contributed by atoms with E-state index in [0.29, 0.717) is 16.6 Å². The standard InChI is InChI=1S/C21H23ClN6O3S/c1-21(2,3)31-20(30)27(5)17-14-15(26(4)11-24-14)13(22)16(25-17)28(19(23)32)18(29)12-9-7-6-8-10-12/h6-11H,1-5H3,(H2,23,32). The molecule has 0 saturated carbocycles. The van der Waals surface area contributed by atoms with E-state index in [1.165, 1.54) is 18.3 Å². The van der Waals surface area contributed by atoms with Crippen LogP contribution < -0.4 is 15.5 Å². The zero-order valence-electron chi connectivity index (χ0n) is 18.3. The number of ether oxygens (including phenoxy) is 1. The highest BCUT2D eigenvalue weighted by Gasteiger charge is 2.31. The Morgan fingerprint density at radius 3 is 2.38 bits per heavy atom. The first-order chi connectivity index (χ1) is 14.9. The van der Waals surface area contributed by atoms with Crippen molar-refractivity contribution < 1.29 is 14.3 Å². The molecule has 2 amide bonds. The molecule has 0 aliphatic rings. The van der Waals surface area contributed by atoms with Crippen LogP contribution in [0.4, 0.5) is 16.4 Å². The summed E-state index contributed by atoms with van der Waals surface area (Å²) in [6, 6.07) is 8.45. The number of amides is 2. The summed E-state index contributed by atoms with van der Waals surface area (Å²) in [5, 5.41) is -0.140. The maximum Gasteiger partial charge on any atom is 0.415 e. The highest BCUT2D eigenvalue weighted by Crippen LogP contribution is 2.37. The monoisotopic (exact) mass is 474 g/mol. The van der Waals surface area contributed by atoms with Crippen LogP contribution in [0.25, 0.3) is 11.0 Å². The van der Waals surface area contributed by atoms with Gasteiger partial charge in [0.1, 0.15) is 16.1 Å². The van der Waals surface area contributed by atoms with Gasteiger partial charge in [-0.3, -0.25) is 9.69 Å². The Kier molecular flexibility index (Phi) is 6.38. The van der Waals surface area contributed by atoms with Crippen LogP contribution in [0.5, 0.6) is 0 Å². The normalized spacial score (nSPS) is 11.3. The lowest BCUT2D eigenvalue weighted by molar-refractivity contribution is 0.0588. The zero-order chi connectivity index (χ0) is 23.8. The third-order valence-corrected chi connectivity index (χ3v) is 4.94. The average molecular weight is 475 g/mol. The molecule has 0 spiro atoms. The first-order valence-electron chi connectivity index (χ1n) is 9.58. The van der Waals surface area contributed by atoms with Crippen molar-refractivity contribution in [3.63, 3.8) is 0 Å². The van der Waals surface area contributed by atoms with Gasteiger partial charge in [0.05, 0.1) is 11.8 Å². The number of thiocarbonyl (C=S) groups is 1. The number of nitrogens with two attached hydrogens (primary N) is 1. The SMILES string of the molecule is CN(C(=O)OC(C)(C)C)c1nc(N(C(=O)c2ccccc2)C(N)=S)c(Cl)c2c1ncn2C. The second-order valence-electron chi connectivity index (χ2n) is 8.01. The minimum absolute atomic E-state index is 0.0190. The van der Waals surface area contributed by atoms with Crippen molar-refractivity contribution in [1.82, 2.24) is 14.5 Å². The zero-order valence-corrected chi connectivity index (χ0v) is 19.9. The van der Waals surface area contributed by atoms with E-state index in [4.69, 9.17) is 34.3 Å². The Morgan fingerprint density at radius 2 is 1.81 bits per heavy atom. The minimum Gasteiger partial charge on any atom is -0.443 e. The largest absolute Gasteiger partial charge is 0.443 e. The quantitative estimate of drug-likeness (QED) is 0.574. The number of imidazole rings is 1. The number of carbonyl (C=O) groups is 2. The lowest BCUT2D eigenvalue weighted by Gasteiger charge is -2.26. The first kappa shape index (κ1) is 23.4. The summed E-state index contributed by atoms with van der Waals surface area (Å²) in [5.74, 6) is -0.397. The molecule has 0 radical (unpaired) electrons. The van der Waals surface area contributed by atoms with Gasteiger partial charge in [0.25, 0.3) is 5.91 Å². The Morgan fingerprint density at radius 1 is 1.19 bits per heavy atom. The molecule has 2 aromatic heterocycles. The summed E-state index contributed by atoms with van der Waals surface area (Å²) in [6.45, 7) is 5.26. The number of aryl methyl sites for hydroxylation is 1. The van der Waals surface area contributed by atoms with E-state index in [1.54, 1.807) is 62.7 Å². The Bertz CT molecular complexity index is 1210. The smallest absolute Gasteiger partial charge is 0.415 e. The molecule has 11 heteroatoms. The van der Waals surface area contributed by atoms with Crippen LogP contribution in [0.1, 0.15) is 31.1 Å². The van der Waals surface area contributed by atoms with Crippen molar-refractivity contribution in [2.24, 2.45) is 12.8 Å². The molecule has 0 aliphatic carbocycles. The molecule has 2 heterocycles. The highest BCUT2D eigenvalue weighted by molar-refractivity contribution is 7.80. The number of aromatic nitrogens is 3. The third-order valence-electron chi connectivity index (χ3n) is 4.41. The predicted molar refractivity (Wildman–Crippen MR) is 128 cm³/mol. The van der Waals surface area contributed by atoms with Gasteiger partial charge in [-0.15, -0.1) is 0 Å². The first-order valence-corrected chi connectivity index (χ1v) is 10.4. The van der Waals surface area contributed by atoms with E-state index < -0.39 is 17.6 Å². The molecule has 1 aromatic carbocycles. The lowest BCUT2D eigenvalue weighted by Crippen LogP contribution is -2.42. The molecule has 3 rings (SSSR count). The van der Waals surface area contributed by atoms with Crippen molar-refractivity contribution in [2.75, 3.05) is 16.8 Å². The number of rotatable bonds is 3. The van der Waals surface area contributed by atoms with Gasteiger partial charge in [-0.05, 0) is 45.1 Å². The molecule has 0 fully saturated rings. The number of carbonyl (C=O) groups excluding carboxylic acids is 2. The number of hydrogen-bond donors (Lipinski definition) is 1. The molecule has 0 saturated heterocycles. The molecular formula is C21H23ClN6O3S. The third kappa shape index (κ3) is 4.51. The summed E-state index contributed by atoms with van der Waals surface area (Å²) in [5.41, 5.74) is 6.33. The summed E-state index contributed by atoms with van der Waals surface area (Å²) in [4.78, 5) is 37.0. The molecule has 0 atom stereocenters. The van der Waals surface area contributed by atoms with Crippen LogP contribution in [-0.4, -0.2) is 44.3 Å². The van der Waals surface area contributed by atoms with Crippen molar-refractivity contribution in [2.45, 2.75) is 26.4 Å². The van der Waals surface area contributed by atoms with Gasteiger partial charge >= 0.3 is 6.09 Å². The molecule has 0 bridgehead atoms. The van der Waals surface area contributed by atoms with Gasteiger partial charge < -0.3 is 15.0 Å². The summed E-state index contributed by atoms with van der Waals surface area (Å²) in [6.07, 6.45) is 0.875. The second kappa shape index (κ2) is 8.71. The van der Waals surface area contributed by atoms with E-state index in [0.717, 1.165) is 4.90 Å². The summed E-state index contributed by atoms with van der Waals surface area (Å²) >= 11 is 11.8. The number of hydrogen-bond acceptors (Lipinski definition) is 6. The second-order valence-corrected chi connectivity index (χ2v) is 8.81. The van der Waals surface area contributed by atoms with E-state index in [-0.39, 0.29) is 21.8 Å². The van der Waals surface area contributed by atoms with Crippen molar-refractivity contribution in [3.8, 4) is 0 Å². The Labute approximate surface area is 195 Å². The average Bonchev–Trinajstić information content (AvgIpc) is 3.10. The van der Waals surface area contributed by atoms with E-state index in [2.05, 4.69) is 9.97 Å². The number of halogens is 1. The van der Waals surface area contributed by atoms with Gasteiger partial charge in [0.15, 0.2) is 16.7 Å². The molecular weight excluding hydrogens is 452 g/mol. The van der Waals surface area contributed by atoms with Crippen LogP contribution in [0.3, 0.4) is 0 Å². The van der Waals surface area contributed by atoms with Gasteiger partial charge in [-0.1, -0.05) is 29.8 Å². The molecule has 32 heavy (non-hydrogen) atoms. The minimum atomic E-state index is -0.724. The number of anilines is 2. The number of pyridine rings is 1. The van der Waals surface area contributed by atoms with E-state index in [1.807, 2.05) is 0 Å². The fraction of sp³-hybridized carbons (Fsp3) is 0.286.